The van der Waals surface area contributed by atoms with Crippen LogP contribution in [0, 0.1) is 11.5 Å². The fraction of sp³-hybridized carbons (Fsp3) is 0. The zero-order valence-electron chi connectivity index (χ0n) is 6.11. The highest BCUT2D eigenvalue weighted by Crippen LogP contribution is 2.13. The maximum Gasteiger partial charge on any atom is 0.337 e. The molecule has 4 heteroatoms. The summed E-state index contributed by atoms with van der Waals surface area (Å²) in [6.45, 7) is 0. The topological polar surface area (TPSA) is 73.1 Å². The SMILES string of the molecule is N#CNc1ccccc1C(=O)O. The zero-order valence-corrected chi connectivity index (χ0v) is 6.11. The van der Waals surface area contributed by atoms with Gasteiger partial charge in [-0.1, -0.05) is 12.1 Å². The molecular formula is C8H6N2O2. The summed E-state index contributed by atoms with van der Waals surface area (Å²) in [5.41, 5.74) is 0.409. The monoisotopic (exact) mass is 162 g/mol. The van der Waals surface area contributed by atoms with E-state index in [4.69, 9.17) is 10.4 Å². The zero-order chi connectivity index (χ0) is 8.97. The number of hydrogen-bond donors (Lipinski definition) is 2. The molecule has 0 aliphatic heterocycles. The fourth-order valence-corrected chi connectivity index (χ4v) is 0.839. The standard InChI is InChI=1S/C8H6N2O2/c9-5-10-7-4-2-1-3-6(7)8(11)12/h1-4,10H,(H,11,12). The molecule has 0 aliphatic carbocycles. The van der Waals surface area contributed by atoms with Gasteiger partial charge in [0.1, 0.15) is 0 Å². The molecule has 0 unspecified atom stereocenters. The smallest absolute Gasteiger partial charge is 0.337 e. The van der Waals surface area contributed by atoms with Crippen molar-refractivity contribution in [3.05, 3.63) is 29.8 Å². The number of rotatable bonds is 2. The van der Waals surface area contributed by atoms with Gasteiger partial charge in [-0.05, 0) is 12.1 Å². The van der Waals surface area contributed by atoms with Crippen LogP contribution in [0.3, 0.4) is 0 Å². The van der Waals surface area contributed by atoms with Crippen LogP contribution in [0.1, 0.15) is 10.4 Å². The molecule has 0 bridgehead atoms. The Kier molecular flexibility index (Phi) is 2.29. The first-order valence-electron chi connectivity index (χ1n) is 3.23. The van der Waals surface area contributed by atoms with Crippen molar-refractivity contribution >= 4 is 11.7 Å². The van der Waals surface area contributed by atoms with Gasteiger partial charge in [0.15, 0.2) is 6.19 Å². The normalized spacial score (nSPS) is 8.58. The highest BCUT2D eigenvalue weighted by atomic mass is 16.4. The minimum absolute atomic E-state index is 0.0963. The minimum Gasteiger partial charge on any atom is -0.478 e. The Morgan fingerprint density at radius 2 is 2.17 bits per heavy atom. The van der Waals surface area contributed by atoms with Crippen molar-refractivity contribution < 1.29 is 9.90 Å². The number of anilines is 1. The van der Waals surface area contributed by atoms with Gasteiger partial charge in [-0.3, -0.25) is 5.32 Å². The Labute approximate surface area is 69.1 Å². The van der Waals surface area contributed by atoms with E-state index in [1.807, 2.05) is 0 Å². The van der Waals surface area contributed by atoms with E-state index in [2.05, 4.69) is 5.32 Å². The van der Waals surface area contributed by atoms with Crippen LogP contribution in [0.2, 0.25) is 0 Å². The van der Waals surface area contributed by atoms with E-state index in [1.54, 1.807) is 18.3 Å². The van der Waals surface area contributed by atoms with Gasteiger partial charge in [-0.15, -0.1) is 0 Å². The summed E-state index contributed by atoms with van der Waals surface area (Å²) >= 11 is 0. The van der Waals surface area contributed by atoms with Crippen LogP contribution >= 0.6 is 0 Å². The summed E-state index contributed by atoms with van der Waals surface area (Å²) in [6, 6.07) is 6.23. The van der Waals surface area contributed by atoms with Crippen LogP contribution < -0.4 is 5.32 Å². The van der Waals surface area contributed by atoms with Crippen molar-refractivity contribution in [2.75, 3.05) is 5.32 Å². The van der Waals surface area contributed by atoms with Gasteiger partial charge < -0.3 is 5.11 Å². The molecule has 0 aromatic heterocycles. The van der Waals surface area contributed by atoms with E-state index in [-0.39, 0.29) is 5.56 Å². The van der Waals surface area contributed by atoms with Crippen molar-refractivity contribution in [2.24, 2.45) is 0 Å². The van der Waals surface area contributed by atoms with Crippen molar-refractivity contribution in [2.45, 2.75) is 0 Å². The fourth-order valence-electron chi connectivity index (χ4n) is 0.839. The lowest BCUT2D eigenvalue weighted by atomic mass is 10.2. The number of hydrogen-bond acceptors (Lipinski definition) is 3. The van der Waals surface area contributed by atoms with Gasteiger partial charge in [0, 0.05) is 0 Å². The van der Waals surface area contributed by atoms with E-state index >= 15 is 0 Å². The number of nitrogens with one attached hydrogen (secondary N) is 1. The molecule has 0 aliphatic rings. The Morgan fingerprint density at radius 3 is 2.75 bits per heavy atom. The maximum absolute atomic E-state index is 10.5. The molecule has 1 aromatic rings. The van der Waals surface area contributed by atoms with Crippen LogP contribution in [-0.4, -0.2) is 11.1 Å². The Balaban J connectivity index is 3.10. The molecule has 0 atom stereocenters. The average Bonchev–Trinajstić information content (AvgIpc) is 2.05. The molecular weight excluding hydrogens is 156 g/mol. The van der Waals surface area contributed by atoms with Crippen LogP contribution in [-0.2, 0) is 0 Å². The average molecular weight is 162 g/mol. The number of benzene rings is 1. The molecule has 12 heavy (non-hydrogen) atoms. The molecule has 0 radical (unpaired) electrons. The molecule has 0 saturated carbocycles. The maximum atomic E-state index is 10.5. The number of nitriles is 1. The first-order valence-corrected chi connectivity index (χ1v) is 3.23. The van der Waals surface area contributed by atoms with Gasteiger partial charge in [0.2, 0.25) is 0 Å². The third kappa shape index (κ3) is 1.52. The molecule has 1 aromatic carbocycles. The van der Waals surface area contributed by atoms with Crippen LogP contribution in [0.15, 0.2) is 24.3 Å². The lowest BCUT2D eigenvalue weighted by Gasteiger charge is -2.00. The summed E-state index contributed by atoms with van der Waals surface area (Å²) in [5, 5.41) is 19.2. The summed E-state index contributed by atoms with van der Waals surface area (Å²) in [4.78, 5) is 10.5. The van der Waals surface area contributed by atoms with E-state index in [0.29, 0.717) is 5.69 Å². The minimum atomic E-state index is -1.05. The van der Waals surface area contributed by atoms with E-state index in [1.165, 1.54) is 12.1 Å². The van der Waals surface area contributed by atoms with Crippen molar-refractivity contribution in [1.82, 2.24) is 0 Å². The van der Waals surface area contributed by atoms with Crippen molar-refractivity contribution in [3.8, 4) is 6.19 Å². The van der Waals surface area contributed by atoms with E-state index < -0.39 is 5.97 Å². The second-order valence-corrected chi connectivity index (χ2v) is 2.09. The third-order valence-electron chi connectivity index (χ3n) is 1.35. The molecule has 0 saturated heterocycles. The first-order chi connectivity index (χ1) is 5.75. The Morgan fingerprint density at radius 1 is 1.50 bits per heavy atom. The largest absolute Gasteiger partial charge is 0.478 e. The summed E-state index contributed by atoms with van der Waals surface area (Å²) in [5.74, 6) is -1.05. The predicted molar refractivity (Wildman–Crippen MR) is 42.6 cm³/mol. The quantitative estimate of drug-likeness (QED) is 0.507. The van der Waals surface area contributed by atoms with Gasteiger partial charge in [0.05, 0.1) is 11.3 Å². The number of carboxylic acids is 1. The van der Waals surface area contributed by atoms with Gasteiger partial charge in [-0.2, -0.15) is 5.26 Å². The second-order valence-electron chi connectivity index (χ2n) is 2.09. The third-order valence-corrected chi connectivity index (χ3v) is 1.35. The molecule has 0 fully saturated rings. The van der Waals surface area contributed by atoms with Crippen molar-refractivity contribution in [1.29, 1.82) is 5.26 Å². The number of nitrogens with zero attached hydrogens (tertiary/aromatic N) is 1. The molecule has 0 heterocycles. The summed E-state index contributed by atoms with van der Waals surface area (Å²) < 4.78 is 0. The molecule has 0 spiro atoms. The number of para-hydroxylation sites is 1. The molecule has 4 nitrogen and oxygen atoms in total. The van der Waals surface area contributed by atoms with E-state index in [0.717, 1.165) is 0 Å². The van der Waals surface area contributed by atoms with E-state index in [9.17, 15) is 4.79 Å². The summed E-state index contributed by atoms with van der Waals surface area (Å²) in [6.07, 6.45) is 1.67. The Bertz CT molecular complexity index is 341. The first kappa shape index (κ1) is 8.08. The van der Waals surface area contributed by atoms with Gasteiger partial charge >= 0.3 is 5.97 Å². The van der Waals surface area contributed by atoms with Crippen LogP contribution in [0.5, 0.6) is 0 Å². The molecule has 0 amide bonds. The lowest BCUT2D eigenvalue weighted by Crippen LogP contribution is -2.01. The highest BCUT2D eigenvalue weighted by molar-refractivity contribution is 5.94. The molecule has 2 N–H and O–H groups in total. The predicted octanol–water partition coefficient (Wildman–Crippen LogP) is 1.28. The van der Waals surface area contributed by atoms with Crippen LogP contribution in [0.25, 0.3) is 0 Å². The second kappa shape index (κ2) is 3.39. The number of carbonyl (C=O) groups is 1. The molecule has 1 rings (SSSR count). The summed E-state index contributed by atoms with van der Waals surface area (Å²) in [7, 11) is 0. The number of aromatic carboxylic acids is 1. The van der Waals surface area contributed by atoms with Crippen LogP contribution in [0.4, 0.5) is 5.69 Å². The van der Waals surface area contributed by atoms with Gasteiger partial charge in [0.25, 0.3) is 0 Å². The number of carboxylic acid groups (broad SMARTS) is 1. The molecule has 60 valence electrons. The Hall–Kier alpha value is -2.02. The van der Waals surface area contributed by atoms with Crippen molar-refractivity contribution in [3.63, 3.8) is 0 Å². The lowest BCUT2D eigenvalue weighted by molar-refractivity contribution is 0.0698. The van der Waals surface area contributed by atoms with Gasteiger partial charge in [-0.25, -0.2) is 4.79 Å². The highest BCUT2D eigenvalue weighted by Gasteiger charge is 2.07.